The Morgan fingerprint density at radius 1 is 1.46 bits per heavy atom. The Hall–Kier alpha value is -1.41. The van der Waals surface area contributed by atoms with Crippen molar-refractivity contribution in [3.8, 4) is 0 Å². The second kappa shape index (κ2) is 7.68. The Morgan fingerprint density at radius 3 is 2.81 bits per heavy atom. The third-order valence-electron chi connectivity index (χ3n) is 5.90. The first kappa shape index (κ1) is 19.4. The van der Waals surface area contributed by atoms with Gasteiger partial charge in [-0.2, -0.15) is 0 Å². The van der Waals surface area contributed by atoms with Crippen LogP contribution in [0.5, 0.6) is 0 Å². The van der Waals surface area contributed by atoms with Gasteiger partial charge in [0.2, 0.25) is 0 Å². The van der Waals surface area contributed by atoms with E-state index in [1.807, 2.05) is 0 Å². The van der Waals surface area contributed by atoms with Crippen LogP contribution in [0.1, 0.15) is 20.3 Å². The van der Waals surface area contributed by atoms with Crippen molar-refractivity contribution in [2.45, 2.75) is 44.6 Å². The SMILES string of the molecule is C=CCNC(=O)O[C@H]1CC2C(=C)C3OC(OC)C2C1(CN(CC)CC)O3. The fourth-order valence-electron chi connectivity index (χ4n) is 4.58. The predicted octanol–water partition coefficient (Wildman–Crippen LogP) is 1.90. The minimum absolute atomic E-state index is 0.0530. The second-order valence-corrected chi connectivity index (χ2v) is 7.11. The Kier molecular flexibility index (Phi) is 5.72. The lowest BCUT2D eigenvalue weighted by Crippen LogP contribution is -2.67. The fourth-order valence-corrected chi connectivity index (χ4v) is 4.58. The zero-order valence-electron chi connectivity index (χ0n) is 15.9. The molecule has 146 valence electrons. The topological polar surface area (TPSA) is 69.3 Å². The van der Waals surface area contributed by atoms with Crippen LogP contribution in [0.4, 0.5) is 4.79 Å². The Labute approximate surface area is 155 Å². The zero-order valence-corrected chi connectivity index (χ0v) is 15.9. The van der Waals surface area contributed by atoms with Gasteiger partial charge < -0.3 is 29.2 Å². The van der Waals surface area contributed by atoms with Gasteiger partial charge in [-0.3, -0.25) is 0 Å². The third kappa shape index (κ3) is 3.07. The molecule has 1 saturated carbocycles. The number of nitrogens with one attached hydrogen (secondary N) is 1. The summed E-state index contributed by atoms with van der Waals surface area (Å²) in [5, 5.41) is 2.68. The molecule has 3 saturated heterocycles. The number of methoxy groups -OCH3 is 1. The number of likely N-dealkylation sites (N-methyl/N-ethyl adjacent to an activating group) is 1. The predicted molar refractivity (Wildman–Crippen MR) is 96.5 cm³/mol. The van der Waals surface area contributed by atoms with Crippen LogP contribution in [0.15, 0.2) is 24.8 Å². The van der Waals surface area contributed by atoms with Gasteiger partial charge in [-0.25, -0.2) is 4.79 Å². The number of amides is 1. The molecule has 5 unspecified atom stereocenters. The highest BCUT2D eigenvalue weighted by Crippen LogP contribution is 2.59. The number of ether oxygens (including phenoxy) is 4. The molecule has 3 heterocycles. The minimum Gasteiger partial charge on any atom is -0.443 e. The quantitative estimate of drug-likeness (QED) is 0.662. The molecule has 0 radical (unpaired) electrons. The number of carbonyl (C=O) groups is 1. The molecule has 1 aliphatic carbocycles. The third-order valence-corrected chi connectivity index (χ3v) is 5.90. The van der Waals surface area contributed by atoms with Crippen molar-refractivity contribution in [2.24, 2.45) is 11.8 Å². The number of hydrogen-bond donors (Lipinski definition) is 1. The summed E-state index contributed by atoms with van der Waals surface area (Å²) in [6, 6.07) is 0. The molecular formula is C19H30N2O5. The highest BCUT2D eigenvalue weighted by Gasteiger charge is 2.69. The van der Waals surface area contributed by atoms with Crippen LogP contribution in [0.2, 0.25) is 0 Å². The van der Waals surface area contributed by atoms with Crippen molar-refractivity contribution in [2.75, 3.05) is 33.3 Å². The van der Waals surface area contributed by atoms with Crippen LogP contribution in [-0.4, -0.2) is 68.6 Å². The Bertz CT molecular complexity index is 564. The molecule has 26 heavy (non-hydrogen) atoms. The van der Waals surface area contributed by atoms with Crippen LogP contribution in [0, 0.1) is 11.8 Å². The van der Waals surface area contributed by atoms with E-state index in [0.717, 1.165) is 18.7 Å². The summed E-state index contributed by atoms with van der Waals surface area (Å²) >= 11 is 0. The van der Waals surface area contributed by atoms with E-state index < -0.39 is 18.0 Å². The van der Waals surface area contributed by atoms with Gasteiger partial charge in [-0.15, -0.1) is 6.58 Å². The van der Waals surface area contributed by atoms with E-state index in [2.05, 4.69) is 37.2 Å². The van der Waals surface area contributed by atoms with Gasteiger partial charge in [0, 0.05) is 20.2 Å². The van der Waals surface area contributed by atoms with Gasteiger partial charge in [-0.1, -0.05) is 26.5 Å². The number of fused-ring (bicyclic) bond motifs is 1. The summed E-state index contributed by atoms with van der Waals surface area (Å²) in [5.74, 6) is 0.100. The number of rotatable bonds is 8. The number of carbonyl (C=O) groups excluding carboxylic acids is 1. The van der Waals surface area contributed by atoms with Crippen molar-refractivity contribution in [3.63, 3.8) is 0 Å². The second-order valence-electron chi connectivity index (χ2n) is 7.11. The van der Waals surface area contributed by atoms with Crippen LogP contribution in [0.3, 0.4) is 0 Å². The lowest BCUT2D eigenvalue weighted by molar-refractivity contribution is -0.375. The summed E-state index contributed by atoms with van der Waals surface area (Å²) < 4.78 is 23.7. The lowest BCUT2D eigenvalue weighted by atomic mass is 9.76. The Morgan fingerprint density at radius 2 is 2.19 bits per heavy atom. The molecular weight excluding hydrogens is 336 g/mol. The maximum absolute atomic E-state index is 12.2. The number of nitrogens with zero attached hydrogens (tertiary/aromatic N) is 1. The number of hydrogen-bond acceptors (Lipinski definition) is 6. The molecule has 4 rings (SSSR count). The van der Waals surface area contributed by atoms with Gasteiger partial charge in [-0.05, 0) is 31.0 Å². The first-order valence-corrected chi connectivity index (χ1v) is 9.33. The van der Waals surface area contributed by atoms with E-state index in [1.165, 1.54) is 0 Å². The molecule has 7 nitrogen and oxygen atoms in total. The number of alkyl carbamates (subject to hydrolysis) is 1. The van der Waals surface area contributed by atoms with Crippen molar-refractivity contribution < 1.29 is 23.7 Å². The minimum atomic E-state index is -0.660. The normalized spacial score (nSPS) is 37.8. The standard InChI is InChI=1S/C19H30N2O5/c1-6-9-20-18(22)24-14-10-13-12(4)16-25-17(23-5)15(13)19(14,26-16)11-21(7-2)8-3/h6,13-17H,1,4,7-11H2,2-3,5H3,(H,20,22)/t13?,14-,15?,16?,17?,19?/m0/s1. The van der Waals surface area contributed by atoms with Crippen LogP contribution in [-0.2, 0) is 18.9 Å². The fraction of sp³-hybridized carbons (Fsp3) is 0.737. The molecule has 4 fully saturated rings. The smallest absolute Gasteiger partial charge is 0.407 e. The maximum Gasteiger partial charge on any atom is 0.407 e. The molecule has 6 atom stereocenters. The molecule has 0 aromatic carbocycles. The van der Waals surface area contributed by atoms with Gasteiger partial charge in [0.05, 0.1) is 5.92 Å². The first-order chi connectivity index (χ1) is 12.5. The molecule has 3 aliphatic heterocycles. The summed E-state index contributed by atoms with van der Waals surface area (Å²) in [6.07, 6.45) is 0.550. The van der Waals surface area contributed by atoms with Crippen LogP contribution < -0.4 is 5.32 Å². The average Bonchev–Trinajstić information content (AvgIpc) is 2.92. The highest BCUT2D eigenvalue weighted by atomic mass is 16.8. The van der Waals surface area contributed by atoms with E-state index in [1.54, 1.807) is 13.2 Å². The molecule has 0 aromatic rings. The lowest BCUT2D eigenvalue weighted by Gasteiger charge is -2.55. The molecule has 1 N–H and O–H groups in total. The summed E-state index contributed by atoms with van der Waals surface area (Å²) in [6.45, 7) is 14.8. The molecule has 0 aromatic heterocycles. The molecule has 0 spiro atoms. The van der Waals surface area contributed by atoms with E-state index in [9.17, 15) is 4.79 Å². The maximum atomic E-state index is 12.2. The van der Waals surface area contributed by atoms with Crippen molar-refractivity contribution in [1.29, 1.82) is 0 Å². The van der Waals surface area contributed by atoms with E-state index in [0.29, 0.717) is 19.5 Å². The average molecular weight is 366 g/mol. The van der Waals surface area contributed by atoms with Crippen molar-refractivity contribution in [3.05, 3.63) is 24.8 Å². The van der Waals surface area contributed by atoms with Crippen LogP contribution >= 0.6 is 0 Å². The zero-order chi connectivity index (χ0) is 18.9. The molecule has 7 heteroatoms. The monoisotopic (exact) mass is 366 g/mol. The summed E-state index contributed by atoms with van der Waals surface area (Å²) in [7, 11) is 1.64. The van der Waals surface area contributed by atoms with Crippen molar-refractivity contribution in [1.82, 2.24) is 10.2 Å². The summed E-state index contributed by atoms with van der Waals surface area (Å²) in [4.78, 5) is 14.5. The van der Waals surface area contributed by atoms with E-state index in [4.69, 9.17) is 18.9 Å². The van der Waals surface area contributed by atoms with Crippen LogP contribution in [0.25, 0.3) is 0 Å². The molecule has 4 aliphatic rings. The van der Waals surface area contributed by atoms with Gasteiger partial charge in [0.1, 0.15) is 11.7 Å². The largest absolute Gasteiger partial charge is 0.443 e. The molecule has 1 amide bonds. The summed E-state index contributed by atoms with van der Waals surface area (Å²) in [5.41, 5.74) is 0.253. The molecule has 4 bridgehead atoms. The Balaban J connectivity index is 1.90. The van der Waals surface area contributed by atoms with E-state index >= 15 is 0 Å². The van der Waals surface area contributed by atoms with Gasteiger partial charge in [0.25, 0.3) is 0 Å². The van der Waals surface area contributed by atoms with Gasteiger partial charge in [0.15, 0.2) is 12.6 Å². The van der Waals surface area contributed by atoms with E-state index in [-0.39, 0.29) is 24.2 Å². The van der Waals surface area contributed by atoms with Crippen molar-refractivity contribution >= 4 is 6.09 Å². The van der Waals surface area contributed by atoms with Gasteiger partial charge >= 0.3 is 6.09 Å². The first-order valence-electron chi connectivity index (χ1n) is 9.33. The highest BCUT2D eigenvalue weighted by molar-refractivity contribution is 5.67.